The molecule has 1 aliphatic heterocycles. The van der Waals surface area contributed by atoms with Crippen LogP contribution < -0.4 is 15.4 Å². The molecule has 1 fully saturated rings. The number of hydrogen-bond donors (Lipinski definition) is 1. The molecule has 0 atom stereocenters. The van der Waals surface area contributed by atoms with Gasteiger partial charge in [0.25, 0.3) is 0 Å². The monoisotopic (exact) mass is 295 g/mol. The van der Waals surface area contributed by atoms with E-state index in [0.717, 1.165) is 57.1 Å². The molecule has 1 aromatic heterocycles. The molecule has 0 bridgehead atoms. The van der Waals surface area contributed by atoms with E-state index in [1.807, 2.05) is 30.1 Å². The van der Waals surface area contributed by atoms with Crippen LogP contribution in [0.25, 0.3) is 0 Å². The van der Waals surface area contributed by atoms with Crippen molar-refractivity contribution in [2.45, 2.75) is 30.9 Å². The van der Waals surface area contributed by atoms with Crippen LogP contribution in [0.2, 0.25) is 0 Å². The Morgan fingerprint density at radius 3 is 2.80 bits per heavy atom. The lowest BCUT2D eigenvalue weighted by Gasteiger charge is -2.40. The lowest BCUT2D eigenvalue weighted by atomic mass is 9.96. The van der Waals surface area contributed by atoms with Crippen molar-refractivity contribution in [3.05, 3.63) is 18.3 Å². The van der Waals surface area contributed by atoms with Crippen LogP contribution in [0.3, 0.4) is 0 Å². The van der Waals surface area contributed by atoms with Crippen molar-refractivity contribution in [3.8, 4) is 5.75 Å². The third kappa shape index (κ3) is 3.38. The van der Waals surface area contributed by atoms with Gasteiger partial charge in [0.2, 0.25) is 0 Å². The minimum atomic E-state index is 0.246. The van der Waals surface area contributed by atoms with Crippen molar-refractivity contribution in [3.63, 3.8) is 0 Å². The number of hydrogen-bond acceptors (Lipinski definition) is 5. The van der Waals surface area contributed by atoms with Crippen LogP contribution in [0.15, 0.2) is 18.3 Å². The van der Waals surface area contributed by atoms with Crippen LogP contribution in [-0.4, -0.2) is 42.2 Å². The fraction of sp³-hybridized carbons (Fsp3) is 0.667. The molecule has 5 heteroatoms. The summed E-state index contributed by atoms with van der Waals surface area (Å²) in [5, 5.41) is 0. The molecule has 1 aromatic rings. The molecule has 0 unspecified atom stereocenters. The Bertz CT molecular complexity index is 413. The van der Waals surface area contributed by atoms with Gasteiger partial charge in [0, 0.05) is 30.6 Å². The third-order valence-corrected chi connectivity index (χ3v) is 5.43. The molecule has 2 N–H and O–H groups in total. The van der Waals surface area contributed by atoms with Gasteiger partial charge in [0.15, 0.2) is 11.6 Å². The van der Waals surface area contributed by atoms with Crippen LogP contribution in [0, 0.1) is 0 Å². The number of ether oxygens (including phenoxy) is 1. The summed E-state index contributed by atoms with van der Waals surface area (Å²) in [7, 11) is 0. The largest absolute Gasteiger partial charge is 0.490 e. The van der Waals surface area contributed by atoms with Gasteiger partial charge in [0.1, 0.15) is 0 Å². The van der Waals surface area contributed by atoms with E-state index in [1.54, 1.807) is 0 Å². The Hall–Kier alpha value is -0.940. The molecule has 0 radical (unpaired) electrons. The normalized spacial score (nSPS) is 18.1. The highest BCUT2D eigenvalue weighted by Gasteiger charge is 2.33. The van der Waals surface area contributed by atoms with Gasteiger partial charge in [-0.3, -0.25) is 0 Å². The molecule has 0 amide bonds. The van der Waals surface area contributed by atoms with Crippen molar-refractivity contribution in [1.82, 2.24) is 4.98 Å². The predicted octanol–water partition coefficient (Wildman–Crippen LogP) is 2.53. The van der Waals surface area contributed by atoms with Gasteiger partial charge in [-0.05, 0) is 37.7 Å². The molecular weight excluding hydrogens is 270 g/mol. The van der Waals surface area contributed by atoms with Crippen molar-refractivity contribution >= 4 is 17.6 Å². The molecular formula is C15H25N3OS. The van der Waals surface area contributed by atoms with Gasteiger partial charge in [-0.1, -0.05) is 6.92 Å². The number of nitrogens with zero attached hydrogens (tertiary/aromatic N) is 2. The molecule has 1 aliphatic rings. The summed E-state index contributed by atoms with van der Waals surface area (Å²) in [6.07, 6.45) is 7.23. The molecule has 1 saturated heterocycles. The maximum Gasteiger partial charge on any atom is 0.171 e. The minimum Gasteiger partial charge on any atom is -0.490 e. The summed E-state index contributed by atoms with van der Waals surface area (Å²) in [5.74, 6) is 1.88. The fourth-order valence-corrected chi connectivity index (χ4v) is 3.32. The zero-order chi connectivity index (χ0) is 14.4. The Kier molecular flexibility index (Phi) is 5.54. The van der Waals surface area contributed by atoms with Gasteiger partial charge in [-0.2, -0.15) is 11.8 Å². The first-order chi connectivity index (χ1) is 9.74. The van der Waals surface area contributed by atoms with E-state index in [-0.39, 0.29) is 4.75 Å². The maximum atomic E-state index is 5.95. The number of aromatic nitrogens is 1. The molecule has 20 heavy (non-hydrogen) atoms. The summed E-state index contributed by atoms with van der Waals surface area (Å²) >= 11 is 1.91. The summed E-state index contributed by atoms with van der Waals surface area (Å²) in [5.41, 5.74) is 5.95. The van der Waals surface area contributed by atoms with Crippen LogP contribution in [-0.2, 0) is 0 Å². The van der Waals surface area contributed by atoms with Gasteiger partial charge in [-0.15, -0.1) is 0 Å². The second kappa shape index (κ2) is 7.18. The number of thioether (sulfide) groups is 1. The van der Waals surface area contributed by atoms with E-state index in [4.69, 9.17) is 10.5 Å². The molecule has 0 aromatic carbocycles. The Morgan fingerprint density at radius 1 is 1.45 bits per heavy atom. The maximum absolute atomic E-state index is 5.95. The van der Waals surface area contributed by atoms with E-state index in [0.29, 0.717) is 0 Å². The zero-order valence-corrected chi connectivity index (χ0v) is 13.3. The Balaban J connectivity index is 2.06. The van der Waals surface area contributed by atoms with E-state index in [2.05, 4.69) is 23.1 Å². The fourth-order valence-electron chi connectivity index (χ4n) is 2.56. The molecule has 0 aliphatic carbocycles. The first-order valence-corrected chi connectivity index (χ1v) is 8.55. The third-order valence-electron chi connectivity index (χ3n) is 3.99. The first-order valence-electron chi connectivity index (χ1n) is 7.32. The van der Waals surface area contributed by atoms with Gasteiger partial charge >= 0.3 is 0 Å². The van der Waals surface area contributed by atoms with Crippen LogP contribution in [0.1, 0.15) is 26.2 Å². The highest BCUT2D eigenvalue weighted by atomic mass is 32.2. The van der Waals surface area contributed by atoms with Crippen LogP contribution >= 0.6 is 11.8 Å². The van der Waals surface area contributed by atoms with Gasteiger partial charge < -0.3 is 15.4 Å². The summed E-state index contributed by atoms with van der Waals surface area (Å²) in [6, 6.07) is 3.95. The molecule has 0 spiro atoms. The van der Waals surface area contributed by atoms with E-state index in [9.17, 15) is 0 Å². The lowest BCUT2D eigenvalue weighted by Crippen LogP contribution is -2.46. The van der Waals surface area contributed by atoms with Crippen molar-refractivity contribution in [2.24, 2.45) is 5.73 Å². The molecule has 4 nitrogen and oxygen atoms in total. The number of rotatable bonds is 6. The molecule has 2 rings (SSSR count). The smallest absolute Gasteiger partial charge is 0.171 e. The van der Waals surface area contributed by atoms with Crippen LogP contribution in [0.4, 0.5) is 5.82 Å². The van der Waals surface area contributed by atoms with Crippen molar-refractivity contribution in [2.75, 3.05) is 37.4 Å². The van der Waals surface area contributed by atoms with E-state index in [1.165, 1.54) is 0 Å². The number of nitrogens with two attached hydrogens (primary N) is 1. The van der Waals surface area contributed by atoms with E-state index < -0.39 is 0 Å². The van der Waals surface area contributed by atoms with Gasteiger partial charge in [-0.25, -0.2) is 4.98 Å². The second-order valence-electron chi connectivity index (χ2n) is 5.25. The summed E-state index contributed by atoms with van der Waals surface area (Å²) in [4.78, 5) is 6.85. The summed E-state index contributed by atoms with van der Waals surface area (Å²) < 4.78 is 6.06. The number of anilines is 1. The first kappa shape index (κ1) is 15.4. The molecule has 0 saturated carbocycles. The van der Waals surface area contributed by atoms with Crippen molar-refractivity contribution in [1.29, 1.82) is 0 Å². The average Bonchev–Trinajstić information content (AvgIpc) is 2.53. The zero-order valence-electron chi connectivity index (χ0n) is 12.5. The SMILES string of the molecule is CCCOc1cccnc1N1CCC(CN)(SC)CC1. The average molecular weight is 295 g/mol. The molecule has 2 heterocycles. The second-order valence-corrected chi connectivity index (χ2v) is 6.53. The quantitative estimate of drug-likeness (QED) is 0.874. The minimum absolute atomic E-state index is 0.246. The highest BCUT2D eigenvalue weighted by molar-refractivity contribution is 8.00. The topological polar surface area (TPSA) is 51.4 Å². The van der Waals surface area contributed by atoms with Gasteiger partial charge in [0.05, 0.1) is 6.61 Å². The Labute approximate surface area is 126 Å². The van der Waals surface area contributed by atoms with E-state index >= 15 is 0 Å². The lowest BCUT2D eigenvalue weighted by molar-refractivity contribution is 0.315. The summed E-state index contributed by atoms with van der Waals surface area (Å²) in [6.45, 7) is 5.60. The Morgan fingerprint density at radius 2 is 2.20 bits per heavy atom. The van der Waals surface area contributed by atoms with Crippen molar-refractivity contribution < 1.29 is 4.74 Å². The predicted molar refractivity (Wildman–Crippen MR) is 86.8 cm³/mol. The highest BCUT2D eigenvalue weighted by Crippen LogP contribution is 2.36. The standard InChI is InChI=1S/C15H25N3OS/c1-3-11-19-13-5-4-8-17-14(13)18-9-6-15(12-16,20-2)7-10-18/h4-5,8H,3,6-7,9-12,16H2,1-2H3. The molecule has 112 valence electrons. The number of piperidine rings is 1. The number of pyridine rings is 1. The van der Waals surface area contributed by atoms with Crippen LogP contribution in [0.5, 0.6) is 5.75 Å².